The molecule has 18 heavy (non-hydrogen) atoms. The van der Waals surface area contributed by atoms with Crippen LogP contribution in [0.3, 0.4) is 0 Å². The molecular formula is C16H26O2. The molecule has 0 saturated heterocycles. The number of rotatable bonds is 2. The van der Waals surface area contributed by atoms with Crippen LogP contribution in [0.1, 0.15) is 46.5 Å². The molecule has 5 atom stereocenters. The summed E-state index contributed by atoms with van der Waals surface area (Å²) in [5.41, 5.74) is 1.51. The van der Waals surface area contributed by atoms with Crippen molar-refractivity contribution in [2.45, 2.75) is 46.5 Å². The van der Waals surface area contributed by atoms with E-state index in [0.717, 1.165) is 11.8 Å². The van der Waals surface area contributed by atoms with Gasteiger partial charge in [-0.15, -0.1) is 0 Å². The number of carbonyl (C=O) groups is 1. The SMILES string of the molecule is COC(=O)[C@H](C)[C@@H]1CC[C@@H](C)[C@@H]2CCC(C)=C[C@H]21. The van der Waals surface area contributed by atoms with E-state index in [1.165, 1.54) is 38.4 Å². The van der Waals surface area contributed by atoms with Crippen molar-refractivity contribution in [1.82, 2.24) is 0 Å². The molecule has 2 aliphatic rings. The molecule has 2 heteroatoms. The van der Waals surface area contributed by atoms with Crippen molar-refractivity contribution in [3.05, 3.63) is 11.6 Å². The normalized spacial score (nSPS) is 37.4. The lowest BCUT2D eigenvalue weighted by atomic mass is 9.60. The first-order chi connectivity index (χ1) is 8.54. The van der Waals surface area contributed by atoms with Crippen LogP contribution in [-0.2, 0) is 9.53 Å². The first-order valence-electron chi connectivity index (χ1n) is 7.29. The van der Waals surface area contributed by atoms with Gasteiger partial charge in [0.25, 0.3) is 0 Å². The molecule has 2 rings (SSSR count). The molecule has 0 unspecified atom stereocenters. The summed E-state index contributed by atoms with van der Waals surface area (Å²) in [5, 5.41) is 0. The zero-order valence-electron chi connectivity index (χ0n) is 12.1. The Morgan fingerprint density at radius 1 is 1.39 bits per heavy atom. The number of hydrogen-bond acceptors (Lipinski definition) is 2. The third kappa shape index (κ3) is 2.48. The van der Waals surface area contributed by atoms with E-state index in [2.05, 4.69) is 19.9 Å². The summed E-state index contributed by atoms with van der Waals surface area (Å²) in [4.78, 5) is 11.8. The fourth-order valence-corrected chi connectivity index (χ4v) is 4.03. The van der Waals surface area contributed by atoms with Crippen molar-refractivity contribution in [3.63, 3.8) is 0 Å². The van der Waals surface area contributed by atoms with E-state index in [9.17, 15) is 4.79 Å². The van der Waals surface area contributed by atoms with E-state index < -0.39 is 0 Å². The van der Waals surface area contributed by atoms with Gasteiger partial charge in [0.15, 0.2) is 0 Å². The Bertz CT molecular complexity index is 345. The molecule has 0 aromatic heterocycles. The van der Waals surface area contributed by atoms with Crippen LogP contribution >= 0.6 is 0 Å². The van der Waals surface area contributed by atoms with Crippen molar-refractivity contribution in [2.24, 2.45) is 29.6 Å². The smallest absolute Gasteiger partial charge is 0.308 e. The molecule has 1 fully saturated rings. The Kier molecular flexibility index (Phi) is 4.14. The molecule has 0 bridgehead atoms. The Balaban J connectivity index is 2.20. The van der Waals surface area contributed by atoms with Gasteiger partial charge < -0.3 is 4.74 Å². The first-order valence-corrected chi connectivity index (χ1v) is 7.29. The van der Waals surface area contributed by atoms with E-state index in [0.29, 0.717) is 11.8 Å². The summed E-state index contributed by atoms with van der Waals surface area (Å²) in [6.45, 7) is 6.65. The van der Waals surface area contributed by atoms with Crippen LogP contribution in [0.4, 0.5) is 0 Å². The second kappa shape index (κ2) is 5.46. The summed E-state index contributed by atoms with van der Waals surface area (Å²) in [7, 11) is 1.50. The minimum Gasteiger partial charge on any atom is -0.469 e. The van der Waals surface area contributed by atoms with Crippen molar-refractivity contribution in [2.75, 3.05) is 7.11 Å². The maximum atomic E-state index is 11.8. The van der Waals surface area contributed by atoms with Crippen LogP contribution in [0.15, 0.2) is 11.6 Å². The lowest BCUT2D eigenvalue weighted by Crippen LogP contribution is -2.39. The van der Waals surface area contributed by atoms with Crippen molar-refractivity contribution in [3.8, 4) is 0 Å². The Labute approximate surface area is 111 Å². The van der Waals surface area contributed by atoms with Crippen LogP contribution < -0.4 is 0 Å². The topological polar surface area (TPSA) is 26.3 Å². The quantitative estimate of drug-likeness (QED) is 0.550. The van der Waals surface area contributed by atoms with E-state index in [1.54, 1.807) is 0 Å². The molecule has 0 aromatic rings. The molecule has 0 aromatic carbocycles. The number of carbonyl (C=O) groups excluding carboxylic acids is 1. The van der Waals surface area contributed by atoms with Crippen LogP contribution in [0.25, 0.3) is 0 Å². The van der Waals surface area contributed by atoms with Crippen LogP contribution in [-0.4, -0.2) is 13.1 Å². The maximum absolute atomic E-state index is 11.8. The molecule has 0 amide bonds. The highest BCUT2D eigenvalue weighted by atomic mass is 16.5. The highest BCUT2D eigenvalue weighted by Gasteiger charge is 2.41. The predicted octanol–water partition coefficient (Wildman–Crippen LogP) is 3.81. The summed E-state index contributed by atoms with van der Waals surface area (Å²) >= 11 is 0. The fourth-order valence-electron chi connectivity index (χ4n) is 4.03. The molecule has 2 nitrogen and oxygen atoms in total. The van der Waals surface area contributed by atoms with E-state index in [4.69, 9.17) is 4.74 Å². The van der Waals surface area contributed by atoms with Crippen molar-refractivity contribution >= 4 is 5.97 Å². The van der Waals surface area contributed by atoms with Gasteiger partial charge in [0.1, 0.15) is 0 Å². The fraction of sp³-hybridized carbons (Fsp3) is 0.812. The second-order valence-electron chi connectivity index (χ2n) is 6.32. The summed E-state index contributed by atoms with van der Waals surface area (Å²) in [6.07, 6.45) is 7.43. The highest BCUT2D eigenvalue weighted by Crippen LogP contribution is 2.48. The Morgan fingerprint density at radius 2 is 2.11 bits per heavy atom. The van der Waals surface area contributed by atoms with Gasteiger partial charge in [-0.05, 0) is 49.9 Å². The van der Waals surface area contributed by atoms with Gasteiger partial charge in [0.05, 0.1) is 13.0 Å². The predicted molar refractivity (Wildman–Crippen MR) is 73.0 cm³/mol. The van der Waals surface area contributed by atoms with Gasteiger partial charge in [-0.2, -0.15) is 0 Å². The number of allylic oxidation sites excluding steroid dienone is 2. The van der Waals surface area contributed by atoms with Gasteiger partial charge in [-0.1, -0.05) is 31.9 Å². The standard InChI is InChI=1S/C16H26O2/c1-10-5-7-13-11(2)6-8-14(15(13)9-10)12(3)16(17)18-4/h9,11-15H,5-8H2,1-4H3/t11-,12-,13+,14+,15-/m1/s1. The average Bonchev–Trinajstić information content (AvgIpc) is 2.37. The summed E-state index contributed by atoms with van der Waals surface area (Å²) < 4.78 is 4.94. The van der Waals surface area contributed by atoms with Crippen LogP contribution in [0.5, 0.6) is 0 Å². The summed E-state index contributed by atoms with van der Waals surface area (Å²) in [5.74, 6) is 2.66. The first kappa shape index (κ1) is 13.6. The van der Waals surface area contributed by atoms with Gasteiger partial charge >= 0.3 is 5.97 Å². The molecule has 0 aliphatic heterocycles. The van der Waals surface area contributed by atoms with Crippen LogP contribution in [0.2, 0.25) is 0 Å². The Hall–Kier alpha value is -0.790. The molecule has 0 heterocycles. The number of esters is 1. The van der Waals surface area contributed by atoms with E-state index in [-0.39, 0.29) is 11.9 Å². The lowest BCUT2D eigenvalue weighted by Gasteiger charge is -2.45. The zero-order valence-corrected chi connectivity index (χ0v) is 12.1. The molecule has 0 radical (unpaired) electrons. The van der Waals surface area contributed by atoms with Gasteiger partial charge in [0, 0.05) is 0 Å². The largest absolute Gasteiger partial charge is 0.469 e. The molecule has 2 aliphatic carbocycles. The number of methoxy groups -OCH3 is 1. The molecular weight excluding hydrogens is 224 g/mol. The molecule has 102 valence electrons. The van der Waals surface area contributed by atoms with Gasteiger partial charge in [-0.3, -0.25) is 4.79 Å². The lowest BCUT2D eigenvalue weighted by molar-refractivity contribution is -0.148. The molecule has 1 saturated carbocycles. The number of hydrogen-bond donors (Lipinski definition) is 0. The van der Waals surface area contributed by atoms with Gasteiger partial charge in [0.2, 0.25) is 0 Å². The second-order valence-corrected chi connectivity index (χ2v) is 6.32. The van der Waals surface area contributed by atoms with Crippen molar-refractivity contribution < 1.29 is 9.53 Å². The maximum Gasteiger partial charge on any atom is 0.308 e. The summed E-state index contributed by atoms with van der Waals surface area (Å²) in [6, 6.07) is 0. The van der Waals surface area contributed by atoms with Gasteiger partial charge in [-0.25, -0.2) is 0 Å². The minimum atomic E-state index is -0.0371. The number of ether oxygens (including phenoxy) is 1. The van der Waals surface area contributed by atoms with E-state index in [1.807, 2.05) is 6.92 Å². The number of fused-ring (bicyclic) bond motifs is 1. The van der Waals surface area contributed by atoms with Crippen molar-refractivity contribution in [1.29, 1.82) is 0 Å². The molecule has 0 N–H and O–H groups in total. The highest BCUT2D eigenvalue weighted by molar-refractivity contribution is 5.72. The van der Waals surface area contributed by atoms with Crippen LogP contribution in [0, 0.1) is 29.6 Å². The van der Waals surface area contributed by atoms with E-state index >= 15 is 0 Å². The third-order valence-electron chi connectivity index (χ3n) is 5.24. The minimum absolute atomic E-state index is 0.0371. The monoisotopic (exact) mass is 250 g/mol. The Morgan fingerprint density at radius 3 is 2.78 bits per heavy atom. The average molecular weight is 250 g/mol. The zero-order chi connectivity index (χ0) is 13.3. The third-order valence-corrected chi connectivity index (χ3v) is 5.24. The molecule has 0 spiro atoms.